The molecule has 0 N–H and O–H groups in total. The van der Waals surface area contributed by atoms with Gasteiger partial charge in [-0.15, -0.1) is 0 Å². The normalized spacial score (nSPS) is 16.6. The smallest absolute Gasteiger partial charge is 0.0677 e. The van der Waals surface area contributed by atoms with Crippen molar-refractivity contribution in [3.63, 3.8) is 0 Å². The van der Waals surface area contributed by atoms with Crippen molar-refractivity contribution in [3.05, 3.63) is 41.0 Å². The quantitative estimate of drug-likeness (QED) is 0.669. The van der Waals surface area contributed by atoms with Crippen molar-refractivity contribution in [3.8, 4) is 0 Å². The lowest BCUT2D eigenvalue weighted by atomic mass is 9.79. The molecule has 0 fully saturated rings. The van der Waals surface area contributed by atoms with Crippen LogP contribution >= 0.6 is 0 Å². The molecule has 3 rings (SSSR count). The fraction of sp³-hybridized carbons (Fsp3) is 0.389. The van der Waals surface area contributed by atoms with Crippen LogP contribution in [0.15, 0.2) is 29.3 Å². The molecule has 1 nitrogen and oxygen atoms in total. The molecule has 0 saturated heterocycles. The molecule has 2 aromatic carbocycles. The van der Waals surface area contributed by atoms with Gasteiger partial charge in [0, 0.05) is 11.1 Å². The van der Waals surface area contributed by atoms with E-state index in [-0.39, 0.29) is 5.41 Å². The molecule has 1 aliphatic heterocycles. The summed E-state index contributed by atoms with van der Waals surface area (Å²) in [5, 5.41) is 2.78. The van der Waals surface area contributed by atoms with Crippen LogP contribution in [0.1, 0.15) is 44.4 Å². The van der Waals surface area contributed by atoms with Gasteiger partial charge >= 0.3 is 0 Å². The zero-order valence-corrected chi connectivity index (χ0v) is 12.5. The highest BCUT2D eigenvalue weighted by atomic mass is 14.8. The van der Waals surface area contributed by atoms with Gasteiger partial charge in [-0.2, -0.15) is 0 Å². The minimum Gasteiger partial charge on any atom is -0.257 e. The maximum Gasteiger partial charge on any atom is 0.0677 e. The first-order valence-electron chi connectivity index (χ1n) is 7.07. The van der Waals surface area contributed by atoms with Crippen LogP contribution in [0.4, 0.5) is 5.69 Å². The van der Waals surface area contributed by atoms with Gasteiger partial charge in [-0.3, -0.25) is 4.99 Å². The molecule has 1 heterocycles. The number of aryl methyl sites for hydroxylation is 2. The predicted octanol–water partition coefficient (Wildman–Crippen LogP) is 5.09. The van der Waals surface area contributed by atoms with Crippen LogP contribution in [0.2, 0.25) is 0 Å². The minimum absolute atomic E-state index is 0.0493. The van der Waals surface area contributed by atoms with Crippen molar-refractivity contribution in [2.24, 2.45) is 4.99 Å². The van der Waals surface area contributed by atoms with Gasteiger partial charge < -0.3 is 0 Å². The molecular formula is C18H21N. The van der Waals surface area contributed by atoms with Crippen LogP contribution in [0, 0.1) is 6.92 Å². The fourth-order valence-corrected chi connectivity index (χ4v) is 3.20. The Labute approximate surface area is 115 Å². The molecule has 0 radical (unpaired) electrons. The van der Waals surface area contributed by atoms with E-state index < -0.39 is 0 Å². The Morgan fingerprint density at radius 1 is 1.05 bits per heavy atom. The fourth-order valence-electron chi connectivity index (χ4n) is 3.20. The van der Waals surface area contributed by atoms with E-state index in [1.807, 2.05) is 0 Å². The van der Waals surface area contributed by atoms with E-state index in [2.05, 4.69) is 58.9 Å². The summed E-state index contributed by atoms with van der Waals surface area (Å²) in [6.07, 6.45) is 1.08. The summed E-state index contributed by atoms with van der Waals surface area (Å²) in [6, 6.07) is 9.06. The maximum atomic E-state index is 4.76. The van der Waals surface area contributed by atoms with Crippen molar-refractivity contribution < 1.29 is 0 Å². The van der Waals surface area contributed by atoms with Gasteiger partial charge in [0.25, 0.3) is 0 Å². The SMILES string of the molecule is CCc1cc(C)cc2c3c(ccc12)N=C(C)C3(C)C. The molecule has 1 heteroatoms. The zero-order chi connectivity index (χ0) is 13.8. The minimum atomic E-state index is 0.0493. The standard InChI is InChI=1S/C18H21N/c1-6-13-9-11(2)10-15-14(13)7-8-16-17(15)18(4,5)12(3)19-16/h7-10H,6H2,1-5H3. The summed E-state index contributed by atoms with van der Waals surface area (Å²) < 4.78 is 0. The second kappa shape index (κ2) is 3.93. The van der Waals surface area contributed by atoms with Gasteiger partial charge in [-0.05, 0) is 48.2 Å². The van der Waals surface area contributed by atoms with Crippen molar-refractivity contribution >= 4 is 22.2 Å². The number of nitrogens with zero attached hydrogens (tertiary/aromatic N) is 1. The second-order valence-corrected chi connectivity index (χ2v) is 6.15. The molecule has 0 bridgehead atoms. The molecule has 0 unspecified atom stereocenters. The van der Waals surface area contributed by atoms with Crippen molar-refractivity contribution in [2.75, 3.05) is 0 Å². The summed E-state index contributed by atoms with van der Waals surface area (Å²) in [5.74, 6) is 0. The average Bonchev–Trinajstić information content (AvgIpc) is 2.59. The van der Waals surface area contributed by atoms with Crippen LogP contribution < -0.4 is 0 Å². The van der Waals surface area contributed by atoms with Crippen LogP contribution in [-0.4, -0.2) is 5.71 Å². The summed E-state index contributed by atoms with van der Waals surface area (Å²) in [4.78, 5) is 4.76. The molecule has 0 spiro atoms. The molecule has 19 heavy (non-hydrogen) atoms. The van der Waals surface area contributed by atoms with E-state index in [1.54, 1.807) is 0 Å². The molecule has 0 atom stereocenters. The van der Waals surface area contributed by atoms with Crippen LogP contribution in [0.3, 0.4) is 0 Å². The second-order valence-electron chi connectivity index (χ2n) is 6.15. The summed E-state index contributed by atoms with van der Waals surface area (Å²) in [6.45, 7) is 11.1. The third-order valence-corrected chi connectivity index (χ3v) is 4.54. The van der Waals surface area contributed by atoms with Gasteiger partial charge in [0.2, 0.25) is 0 Å². The lowest BCUT2D eigenvalue weighted by molar-refractivity contribution is 0.740. The van der Waals surface area contributed by atoms with E-state index in [0.717, 1.165) is 12.1 Å². The van der Waals surface area contributed by atoms with Crippen LogP contribution in [0.25, 0.3) is 10.8 Å². The number of benzene rings is 2. The Morgan fingerprint density at radius 2 is 1.79 bits per heavy atom. The average molecular weight is 251 g/mol. The topological polar surface area (TPSA) is 12.4 Å². The first-order valence-corrected chi connectivity index (χ1v) is 7.07. The zero-order valence-electron chi connectivity index (χ0n) is 12.5. The Bertz CT molecular complexity index is 705. The van der Waals surface area contributed by atoms with Crippen LogP contribution in [0.5, 0.6) is 0 Å². The molecule has 0 saturated carbocycles. The van der Waals surface area contributed by atoms with Gasteiger partial charge in [0.1, 0.15) is 0 Å². The number of hydrogen-bond donors (Lipinski definition) is 0. The maximum absolute atomic E-state index is 4.76. The molecule has 0 aliphatic carbocycles. The third-order valence-electron chi connectivity index (χ3n) is 4.54. The molecule has 2 aromatic rings. The highest BCUT2D eigenvalue weighted by Gasteiger charge is 2.33. The van der Waals surface area contributed by atoms with Crippen molar-refractivity contribution in [1.29, 1.82) is 0 Å². The van der Waals surface area contributed by atoms with Gasteiger partial charge in [0.05, 0.1) is 5.69 Å². The van der Waals surface area contributed by atoms with Gasteiger partial charge in [-0.25, -0.2) is 0 Å². The van der Waals surface area contributed by atoms with Gasteiger partial charge in [-0.1, -0.05) is 44.5 Å². The summed E-state index contributed by atoms with van der Waals surface area (Å²) in [7, 11) is 0. The van der Waals surface area contributed by atoms with Crippen molar-refractivity contribution in [2.45, 2.75) is 46.5 Å². The summed E-state index contributed by atoms with van der Waals surface area (Å²) >= 11 is 0. The van der Waals surface area contributed by atoms with E-state index in [0.29, 0.717) is 0 Å². The van der Waals surface area contributed by atoms with Crippen molar-refractivity contribution in [1.82, 2.24) is 0 Å². The highest BCUT2D eigenvalue weighted by molar-refractivity contribution is 6.06. The number of fused-ring (bicyclic) bond motifs is 3. The molecule has 0 aromatic heterocycles. The lowest BCUT2D eigenvalue weighted by Crippen LogP contribution is -2.23. The number of hydrogen-bond acceptors (Lipinski definition) is 1. The molecular weight excluding hydrogens is 230 g/mol. The van der Waals surface area contributed by atoms with Crippen LogP contribution in [-0.2, 0) is 11.8 Å². The highest BCUT2D eigenvalue weighted by Crippen LogP contribution is 2.44. The Morgan fingerprint density at radius 3 is 2.47 bits per heavy atom. The van der Waals surface area contributed by atoms with E-state index >= 15 is 0 Å². The lowest BCUT2D eigenvalue weighted by Gasteiger charge is -2.22. The van der Waals surface area contributed by atoms with E-state index in [9.17, 15) is 0 Å². The Hall–Kier alpha value is -1.63. The molecule has 1 aliphatic rings. The monoisotopic (exact) mass is 251 g/mol. The van der Waals surface area contributed by atoms with E-state index in [1.165, 1.54) is 33.2 Å². The largest absolute Gasteiger partial charge is 0.257 e. The number of rotatable bonds is 1. The van der Waals surface area contributed by atoms with Gasteiger partial charge in [0.15, 0.2) is 0 Å². The first kappa shape index (κ1) is 12.4. The predicted molar refractivity (Wildman–Crippen MR) is 83.9 cm³/mol. The Kier molecular flexibility index (Phi) is 2.57. The van der Waals surface area contributed by atoms with E-state index in [4.69, 9.17) is 4.99 Å². The third kappa shape index (κ3) is 1.64. The Balaban J connectivity index is 2.44. The summed E-state index contributed by atoms with van der Waals surface area (Å²) in [5.41, 5.74) is 6.61. The molecule has 0 amide bonds. The first-order chi connectivity index (χ1) is 8.95. The molecule has 98 valence electrons. The number of aliphatic imine (C=N–C) groups is 1.